The fourth-order valence-corrected chi connectivity index (χ4v) is 3.04. The van der Waals surface area contributed by atoms with Crippen LogP contribution in [0.25, 0.3) is 0 Å². The third kappa shape index (κ3) is 5.41. The van der Waals surface area contributed by atoms with Crippen molar-refractivity contribution in [3.63, 3.8) is 0 Å². The molecule has 0 aliphatic rings. The van der Waals surface area contributed by atoms with Crippen molar-refractivity contribution in [2.45, 2.75) is 13.3 Å². The van der Waals surface area contributed by atoms with E-state index in [1.807, 2.05) is 37.3 Å². The molecule has 0 atom stereocenters. The minimum atomic E-state index is -0.761. The van der Waals surface area contributed by atoms with Crippen molar-refractivity contribution in [1.82, 2.24) is 0 Å². The van der Waals surface area contributed by atoms with Crippen LogP contribution in [0.15, 0.2) is 66.7 Å². The predicted molar refractivity (Wildman–Crippen MR) is 118 cm³/mol. The minimum Gasteiger partial charge on any atom is -0.378 e. The van der Waals surface area contributed by atoms with E-state index in [2.05, 4.69) is 10.6 Å². The molecule has 158 valence electrons. The first-order valence-electron chi connectivity index (χ1n) is 9.48. The Morgan fingerprint density at radius 1 is 0.935 bits per heavy atom. The van der Waals surface area contributed by atoms with Gasteiger partial charge in [0.2, 0.25) is 0 Å². The van der Waals surface area contributed by atoms with Gasteiger partial charge < -0.3 is 10.6 Å². The van der Waals surface area contributed by atoms with E-state index in [1.54, 1.807) is 24.3 Å². The summed E-state index contributed by atoms with van der Waals surface area (Å²) >= 11 is 0. The van der Waals surface area contributed by atoms with Gasteiger partial charge >= 0.3 is 0 Å². The van der Waals surface area contributed by atoms with E-state index in [-0.39, 0.29) is 11.3 Å². The van der Waals surface area contributed by atoms with Gasteiger partial charge in [-0.1, -0.05) is 48.0 Å². The van der Waals surface area contributed by atoms with Crippen LogP contribution in [0.4, 0.5) is 22.7 Å². The molecule has 31 heavy (non-hydrogen) atoms. The van der Waals surface area contributed by atoms with Crippen LogP contribution in [0, 0.1) is 27.2 Å². The van der Waals surface area contributed by atoms with Gasteiger partial charge in [-0.25, -0.2) is 0 Å². The topological polar surface area (TPSA) is 127 Å². The molecule has 0 bridgehead atoms. The number of rotatable bonds is 8. The van der Waals surface area contributed by atoms with Crippen LogP contribution in [0.2, 0.25) is 0 Å². The van der Waals surface area contributed by atoms with Crippen LogP contribution in [-0.2, 0) is 6.42 Å². The Morgan fingerprint density at radius 3 is 2.23 bits per heavy atom. The molecule has 1 amide bonds. The second-order valence-corrected chi connectivity index (χ2v) is 6.88. The molecule has 0 unspecified atom stereocenters. The van der Waals surface area contributed by atoms with Gasteiger partial charge in [-0.15, -0.1) is 0 Å². The summed E-state index contributed by atoms with van der Waals surface area (Å²) in [4.78, 5) is 34.3. The summed E-state index contributed by atoms with van der Waals surface area (Å²) in [6.45, 7) is 2.19. The maximum Gasteiger partial charge on any atom is 0.300 e. The summed E-state index contributed by atoms with van der Waals surface area (Å²) in [5, 5.41) is 28.5. The molecule has 0 saturated carbocycles. The Morgan fingerprint density at radius 2 is 1.61 bits per heavy atom. The van der Waals surface area contributed by atoms with Gasteiger partial charge in [0.05, 0.1) is 21.5 Å². The summed E-state index contributed by atoms with van der Waals surface area (Å²) in [5.74, 6) is -0.683. The number of nitrogens with zero attached hydrogens (tertiary/aromatic N) is 2. The quantitative estimate of drug-likeness (QED) is 0.401. The van der Waals surface area contributed by atoms with Gasteiger partial charge in [0, 0.05) is 18.3 Å². The molecule has 0 aliphatic heterocycles. The lowest BCUT2D eigenvalue weighted by Crippen LogP contribution is -2.17. The summed E-state index contributed by atoms with van der Waals surface area (Å²) in [6, 6.07) is 18.3. The fraction of sp³-hybridized carbons (Fsp3) is 0.136. The lowest BCUT2D eigenvalue weighted by atomic mass is 10.1. The SMILES string of the molecule is Cc1ccc(NC(=O)c2cc([N+](=O)[O-])cc([N+](=O)[O-])c2NCCc2ccccc2)cc1. The maximum atomic E-state index is 12.9. The van der Waals surface area contributed by atoms with Crippen LogP contribution >= 0.6 is 0 Å². The standard InChI is InChI=1S/C22H20N4O5/c1-15-7-9-17(10-8-15)24-22(27)19-13-18(25(28)29)14-20(26(30)31)21(19)23-12-11-16-5-3-2-4-6-16/h2-10,13-14,23H,11-12H2,1H3,(H,24,27). The van der Waals surface area contributed by atoms with Crippen molar-refractivity contribution in [2.24, 2.45) is 0 Å². The summed E-state index contributed by atoms with van der Waals surface area (Å²) in [6.07, 6.45) is 0.550. The normalized spacial score (nSPS) is 10.4. The number of anilines is 2. The Balaban J connectivity index is 1.95. The Kier molecular flexibility index (Phi) is 6.56. The smallest absolute Gasteiger partial charge is 0.300 e. The molecule has 0 aromatic heterocycles. The summed E-state index contributed by atoms with van der Waals surface area (Å²) in [7, 11) is 0. The van der Waals surface area contributed by atoms with E-state index in [4.69, 9.17) is 0 Å². The van der Waals surface area contributed by atoms with E-state index in [1.165, 1.54) is 0 Å². The number of hydrogen-bond donors (Lipinski definition) is 2. The molecule has 0 heterocycles. The van der Waals surface area contributed by atoms with Crippen molar-refractivity contribution in [1.29, 1.82) is 0 Å². The average Bonchev–Trinajstić information content (AvgIpc) is 2.75. The highest BCUT2D eigenvalue weighted by atomic mass is 16.6. The molecule has 0 radical (unpaired) electrons. The van der Waals surface area contributed by atoms with Gasteiger partial charge in [-0.3, -0.25) is 25.0 Å². The molecule has 9 nitrogen and oxygen atoms in total. The van der Waals surface area contributed by atoms with Crippen molar-refractivity contribution in [3.8, 4) is 0 Å². The van der Waals surface area contributed by atoms with Gasteiger partial charge in [0.1, 0.15) is 5.69 Å². The number of amides is 1. The highest BCUT2D eigenvalue weighted by molar-refractivity contribution is 6.10. The zero-order valence-electron chi connectivity index (χ0n) is 16.7. The molecular formula is C22H20N4O5. The zero-order valence-corrected chi connectivity index (χ0v) is 16.7. The van der Waals surface area contributed by atoms with Crippen LogP contribution in [-0.4, -0.2) is 22.3 Å². The van der Waals surface area contributed by atoms with Crippen molar-refractivity contribution in [3.05, 3.63) is 104 Å². The van der Waals surface area contributed by atoms with Crippen molar-refractivity contribution >= 4 is 28.7 Å². The monoisotopic (exact) mass is 420 g/mol. The number of non-ortho nitro benzene ring substituents is 1. The molecule has 9 heteroatoms. The van der Waals surface area contributed by atoms with Crippen LogP contribution < -0.4 is 10.6 Å². The molecular weight excluding hydrogens is 400 g/mol. The van der Waals surface area contributed by atoms with Crippen LogP contribution in [0.3, 0.4) is 0 Å². The van der Waals surface area contributed by atoms with Gasteiger partial charge in [-0.05, 0) is 31.0 Å². The lowest BCUT2D eigenvalue weighted by Gasteiger charge is -2.13. The van der Waals surface area contributed by atoms with E-state index in [0.717, 1.165) is 23.3 Å². The van der Waals surface area contributed by atoms with Crippen LogP contribution in [0.1, 0.15) is 21.5 Å². The third-order valence-electron chi connectivity index (χ3n) is 4.62. The van der Waals surface area contributed by atoms with E-state index in [0.29, 0.717) is 18.7 Å². The number of nitro groups is 2. The molecule has 0 aliphatic carbocycles. The fourth-order valence-electron chi connectivity index (χ4n) is 3.04. The molecule has 3 aromatic carbocycles. The number of benzene rings is 3. The number of carbonyl (C=O) groups excluding carboxylic acids is 1. The molecule has 2 N–H and O–H groups in total. The maximum absolute atomic E-state index is 12.9. The van der Waals surface area contributed by atoms with Crippen molar-refractivity contribution < 1.29 is 14.6 Å². The largest absolute Gasteiger partial charge is 0.378 e. The first-order valence-corrected chi connectivity index (χ1v) is 9.48. The molecule has 0 saturated heterocycles. The van der Waals surface area contributed by atoms with E-state index >= 15 is 0 Å². The predicted octanol–water partition coefficient (Wildman–Crippen LogP) is 4.72. The zero-order chi connectivity index (χ0) is 22.4. The number of nitro benzene ring substituents is 2. The molecule has 3 aromatic rings. The van der Waals surface area contributed by atoms with Gasteiger partial charge in [0.15, 0.2) is 0 Å². The second-order valence-electron chi connectivity index (χ2n) is 6.88. The molecule has 0 fully saturated rings. The highest BCUT2D eigenvalue weighted by Crippen LogP contribution is 2.34. The summed E-state index contributed by atoms with van der Waals surface area (Å²) in [5.41, 5.74) is 1.17. The summed E-state index contributed by atoms with van der Waals surface area (Å²) < 4.78 is 0. The second kappa shape index (κ2) is 9.49. The minimum absolute atomic E-state index is 0.0591. The third-order valence-corrected chi connectivity index (χ3v) is 4.62. The first kappa shape index (κ1) is 21.4. The Labute approximate surface area is 178 Å². The number of nitrogens with one attached hydrogen (secondary N) is 2. The Hall–Kier alpha value is -4.27. The lowest BCUT2D eigenvalue weighted by molar-refractivity contribution is -0.393. The van der Waals surface area contributed by atoms with Gasteiger partial charge in [0.25, 0.3) is 17.3 Å². The van der Waals surface area contributed by atoms with Crippen molar-refractivity contribution in [2.75, 3.05) is 17.2 Å². The van der Waals surface area contributed by atoms with E-state index < -0.39 is 27.1 Å². The average molecular weight is 420 g/mol. The number of carbonyl (C=O) groups is 1. The van der Waals surface area contributed by atoms with Crippen LogP contribution in [0.5, 0.6) is 0 Å². The first-order chi connectivity index (χ1) is 14.8. The Bertz CT molecular complexity index is 1110. The molecule has 0 spiro atoms. The number of aryl methyl sites for hydroxylation is 1. The van der Waals surface area contributed by atoms with E-state index in [9.17, 15) is 25.0 Å². The molecule has 3 rings (SSSR count). The number of hydrogen-bond acceptors (Lipinski definition) is 6. The highest BCUT2D eigenvalue weighted by Gasteiger charge is 2.27. The van der Waals surface area contributed by atoms with Gasteiger partial charge in [-0.2, -0.15) is 0 Å².